The third-order valence-corrected chi connectivity index (χ3v) is 5.46. The minimum Gasteiger partial charge on any atom is -0.316 e. The van der Waals surface area contributed by atoms with Crippen LogP contribution in [0.3, 0.4) is 0 Å². The summed E-state index contributed by atoms with van der Waals surface area (Å²) in [6.45, 7) is 13.2. The Kier molecular flexibility index (Phi) is 6.90. The van der Waals surface area contributed by atoms with E-state index in [1.54, 1.807) is 0 Å². The average Bonchev–Trinajstić information content (AvgIpc) is 3.16. The lowest BCUT2D eigenvalue weighted by Crippen LogP contribution is -2.44. The minimum atomic E-state index is 0. The Morgan fingerprint density at radius 3 is 2.74 bits per heavy atom. The highest BCUT2D eigenvalue weighted by Gasteiger charge is 2.34. The van der Waals surface area contributed by atoms with Gasteiger partial charge in [0.2, 0.25) is 0 Å². The number of halogens is 1. The molecule has 1 aromatic carbocycles. The highest BCUT2D eigenvalue weighted by atomic mass is 35.5. The quantitative estimate of drug-likeness (QED) is 0.861. The van der Waals surface area contributed by atoms with Crippen molar-refractivity contribution in [3.05, 3.63) is 35.9 Å². The van der Waals surface area contributed by atoms with Crippen molar-refractivity contribution < 1.29 is 0 Å². The molecular weight excluding hydrogens is 306 g/mol. The molecule has 1 N–H and O–H groups in total. The van der Waals surface area contributed by atoms with Crippen molar-refractivity contribution in [2.24, 2.45) is 5.41 Å². The van der Waals surface area contributed by atoms with Crippen molar-refractivity contribution in [1.29, 1.82) is 0 Å². The number of nitrogens with zero attached hydrogens (tertiary/aromatic N) is 2. The molecule has 2 aliphatic heterocycles. The molecule has 0 aromatic heterocycles. The fourth-order valence-electron chi connectivity index (χ4n) is 4.09. The maximum atomic E-state index is 3.54. The molecular formula is C19H32ClN3. The Morgan fingerprint density at radius 2 is 2.09 bits per heavy atom. The highest BCUT2D eigenvalue weighted by molar-refractivity contribution is 5.85. The lowest BCUT2D eigenvalue weighted by molar-refractivity contribution is 0.134. The van der Waals surface area contributed by atoms with E-state index < -0.39 is 0 Å². The van der Waals surface area contributed by atoms with Gasteiger partial charge in [0.1, 0.15) is 0 Å². The van der Waals surface area contributed by atoms with Crippen LogP contribution in [0.2, 0.25) is 0 Å². The van der Waals surface area contributed by atoms with E-state index in [0.717, 1.165) is 12.6 Å². The molecule has 2 unspecified atom stereocenters. The Bertz CT molecular complexity index is 459. The summed E-state index contributed by atoms with van der Waals surface area (Å²) in [5.41, 5.74) is 1.92. The van der Waals surface area contributed by atoms with Crippen LogP contribution in [0, 0.1) is 5.41 Å². The van der Waals surface area contributed by atoms with Gasteiger partial charge in [-0.15, -0.1) is 12.4 Å². The standard InChI is InChI=1S/C19H31N3.ClH/c1-3-22(16-19(2)10-11-20-15-19)18-9-12-21(14-18)13-17-7-5-4-6-8-17;/h4-8,18,20H,3,9-16H2,1-2H3;1H. The van der Waals surface area contributed by atoms with Crippen molar-refractivity contribution in [2.75, 3.05) is 39.3 Å². The molecule has 0 aliphatic carbocycles. The number of hydrogen-bond acceptors (Lipinski definition) is 3. The Hall–Kier alpha value is -0.610. The van der Waals surface area contributed by atoms with Gasteiger partial charge in [0, 0.05) is 38.8 Å². The summed E-state index contributed by atoms with van der Waals surface area (Å²) >= 11 is 0. The Morgan fingerprint density at radius 1 is 1.30 bits per heavy atom. The second kappa shape index (κ2) is 8.48. The molecule has 2 saturated heterocycles. The first-order valence-corrected chi connectivity index (χ1v) is 8.89. The molecule has 0 spiro atoms. The number of rotatable bonds is 6. The van der Waals surface area contributed by atoms with Crippen LogP contribution >= 0.6 is 12.4 Å². The first kappa shape index (κ1) is 18.7. The molecule has 0 amide bonds. The molecule has 2 heterocycles. The van der Waals surface area contributed by atoms with Gasteiger partial charge in [0.05, 0.1) is 0 Å². The summed E-state index contributed by atoms with van der Waals surface area (Å²) in [6, 6.07) is 11.6. The third kappa shape index (κ3) is 4.93. The molecule has 0 radical (unpaired) electrons. The van der Waals surface area contributed by atoms with Gasteiger partial charge in [-0.2, -0.15) is 0 Å². The molecule has 2 fully saturated rings. The SMILES string of the molecule is CCN(CC1(C)CCNC1)C1CCN(Cc2ccccc2)C1.Cl. The second-order valence-electron chi connectivity index (χ2n) is 7.46. The number of likely N-dealkylation sites (N-methyl/N-ethyl adjacent to an activating group) is 1. The summed E-state index contributed by atoms with van der Waals surface area (Å²) in [4.78, 5) is 5.36. The van der Waals surface area contributed by atoms with Gasteiger partial charge in [-0.1, -0.05) is 44.2 Å². The fraction of sp³-hybridized carbons (Fsp3) is 0.684. The van der Waals surface area contributed by atoms with Crippen LogP contribution in [-0.4, -0.2) is 55.1 Å². The zero-order chi connectivity index (χ0) is 15.4. The van der Waals surface area contributed by atoms with E-state index in [4.69, 9.17) is 0 Å². The molecule has 0 saturated carbocycles. The summed E-state index contributed by atoms with van der Waals surface area (Å²) in [7, 11) is 0. The van der Waals surface area contributed by atoms with E-state index >= 15 is 0 Å². The molecule has 0 bridgehead atoms. The number of nitrogens with one attached hydrogen (secondary N) is 1. The Balaban J connectivity index is 0.00000192. The van der Waals surface area contributed by atoms with Crippen LogP contribution in [0.4, 0.5) is 0 Å². The fourth-order valence-corrected chi connectivity index (χ4v) is 4.09. The second-order valence-corrected chi connectivity index (χ2v) is 7.46. The summed E-state index contributed by atoms with van der Waals surface area (Å²) in [5.74, 6) is 0. The predicted octanol–water partition coefficient (Wildman–Crippen LogP) is 3.00. The summed E-state index contributed by atoms with van der Waals surface area (Å²) in [5, 5.41) is 3.54. The maximum Gasteiger partial charge on any atom is 0.0235 e. The summed E-state index contributed by atoms with van der Waals surface area (Å²) < 4.78 is 0. The molecule has 4 heteroatoms. The average molecular weight is 338 g/mol. The van der Waals surface area contributed by atoms with Gasteiger partial charge in [-0.3, -0.25) is 9.80 Å². The largest absolute Gasteiger partial charge is 0.316 e. The van der Waals surface area contributed by atoms with Crippen molar-refractivity contribution in [1.82, 2.24) is 15.1 Å². The van der Waals surface area contributed by atoms with Gasteiger partial charge < -0.3 is 5.32 Å². The van der Waals surface area contributed by atoms with Crippen molar-refractivity contribution in [3.63, 3.8) is 0 Å². The predicted molar refractivity (Wildman–Crippen MR) is 100 cm³/mol. The minimum absolute atomic E-state index is 0. The van der Waals surface area contributed by atoms with E-state index in [1.807, 2.05) is 0 Å². The molecule has 1 aromatic rings. The molecule has 2 aliphatic rings. The number of benzene rings is 1. The highest BCUT2D eigenvalue weighted by Crippen LogP contribution is 2.28. The first-order valence-electron chi connectivity index (χ1n) is 8.89. The van der Waals surface area contributed by atoms with E-state index in [2.05, 4.69) is 59.3 Å². The lowest BCUT2D eigenvalue weighted by Gasteiger charge is -2.35. The van der Waals surface area contributed by atoms with Gasteiger partial charge in [0.25, 0.3) is 0 Å². The van der Waals surface area contributed by atoms with Crippen molar-refractivity contribution in [3.8, 4) is 0 Å². The zero-order valence-corrected chi connectivity index (χ0v) is 15.4. The lowest BCUT2D eigenvalue weighted by atomic mass is 9.88. The monoisotopic (exact) mass is 337 g/mol. The number of hydrogen-bond donors (Lipinski definition) is 1. The van der Waals surface area contributed by atoms with Crippen LogP contribution in [0.1, 0.15) is 32.3 Å². The molecule has 130 valence electrons. The van der Waals surface area contributed by atoms with Crippen LogP contribution in [0.25, 0.3) is 0 Å². The first-order chi connectivity index (χ1) is 10.7. The van der Waals surface area contributed by atoms with Crippen LogP contribution in [-0.2, 0) is 6.54 Å². The Labute approximate surface area is 147 Å². The van der Waals surface area contributed by atoms with E-state index in [1.165, 1.54) is 57.7 Å². The van der Waals surface area contributed by atoms with Crippen molar-refractivity contribution >= 4 is 12.4 Å². The molecule has 2 atom stereocenters. The molecule has 23 heavy (non-hydrogen) atoms. The topological polar surface area (TPSA) is 18.5 Å². The molecule has 3 rings (SSSR count). The zero-order valence-electron chi connectivity index (χ0n) is 14.6. The van der Waals surface area contributed by atoms with E-state index in [9.17, 15) is 0 Å². The normalized spacial score (nSPS) is 28.2. The smallest absolute Gasteiger partial charge is 0.0235 e. The number of likely N-dealkylation sites (tertiary alicyclic amines) is 1. The van der Waals surface area contributed by atoms with Crippen LogP contribution < -0.4 is 5.32 Å². The molecule has 3 nitrogen and oxygen atoms in total. The van der Waals surface area contributed by atoms with Gasteiger partial charge in [-0.05, 0) is 36.9 Å². The maximum absolute atomic E-state index is 3.54. The van der Waals surface area contributed by atoms with Crippen LogP contribution in [0.15, 0.2) is 30.3 Å². The van der Waals surface area contributed by atoms with Crippen LogP contribution in [0.5, 0.6) is 0 Å². The van der Waals surface area contributed by atoms with Crippen molar-refractivity contribution in [2.45, 2.75) is 39.3 Å². The summed E-state index contributed by atoms with van der Waals surface area (Å²) in [6.07, 6.45) is 2.65. The van der Waals surface area contributed by atoms with Gasteiger partial charge in [0.15, 0.2) is 0 Å². The third-order valence-electron chi connectivity index (χ3n) is 5.46. The van der Waals surface area contributed by atoms with Gasteiger partial charge >= 0.3 is 0 Å². The van der Waals surface area contributed by atoms with Gasteiger partial charge in [-0.25, -0.2) is 0 Å². The van der Waals surface area contributed by atoms with E-state index in [-0.39, 0.29) is 12.4 Å². The van der Waals surface area contributed by atoms with E-state index in [0.29, 0.717) is 5.41 Å².